The Bertz CT molecular complexity index is 637. The van der Waals surface area contributed by atoms with Gasteiger partial charge in [-0.3, -0.25) is 14.9 Å². The molecule has 7 nitrogen and oxygen atoms in total. The molecule has 1 aromatic rings. The van der Waals surface area contributed by atoms with Crippen LogP contribution in [-0.2, 0) is 0 Å². The predicted octanol–water partition coefficient (Wildman–Crippen LogP) is 3.21. The number of nitro groups is 1. The maximum atomic E-state index is 12.9. The molecular formula is C17H26ClN3O4S. The number of piperidine rings is 1. The second-order valence-corrected chi connectivity index (χ2v) is 6.96. The number of nitrogens with one attached hydrogen (secondary N) is 1. The lowest BCUT2D eigenvalue weighted by Crippen LogP contribution is -2.39. The Balaban J connectivity index is 0.00000338. The van der Waals surface area contributed by atoms with Crippen LogP contribution in [0.15, 0.2) is 17.0 Å². The Kier molecular flexibility index (Phi) is 9.18. The summed E-state index contributed by atoms with van der Waals surface area (Å²) in [7, 11) is 3.40. The third-order valence-corrected chi connectivity index (χ3v) is 5.39. The summed E-state index contributed by atoms with van der Waals surface area (Å²) in [6.07, 6.45) is 4.82. The number of nitrogens with zero attached hydrogens (tertiary/aromatic N) is 2. The zero-order valence-corrected chi connectivity index (χ0v) is 17.0. The van der Waals surface area contributed by atoms with Crippen LogP contribution in [0.5, 0.6) is 5.75 Å². The van der Waals surface area contributed by atoms with Crippen LogP contribution in [0.4, 0.5) is 5.69 Å². The molecule has 146 valence electrons. The monoisotopic (exact) mass is 403 g/mol. The first-order valence-corrected chi connectivity index (χ1v) is 9.58. The number of hydrogen-bond acceptors (Lipinski definition) is 6. The lowest BCUT2D eigenvalue weighted by atomic mass is 9.93. The molecule has 0 bridgehead atoms. The molecule has 26 heavy (non-hydrogen) atoms. The minimum Gasteiger partial charge on any atom is -0.495 e. The van der Waals surface area contributed by atoms with Crippen LogP contribution in [0.3, 0.4) is 0 Å². The molecule has 1 N–H and O–H groups in total. The Hall–Kier alpha value is -1.51. The van der Waals surface area contributed by atoms with Gasteiger partial charge in [-0.1, -0.05) is 0 Å². The van der Waals surface area contributed by atoms with Crippen LogP contribution in [0.25, 0.3) is 0 Å². The number of carbonyl (C=O) groups is 1. The van der Waals surface area contributed by atoms with E-state index in [-0.39, 0.29) is 29.6 Å². The smallest absolute Gasteiger partial charge is 0.285 e. The van der Waals surface area contributed by atoms with E-state index in [2.05, 4.69) is 5.32 Å². The highest BCUT2D eigenvalue weighted by atomic mass is 35.5. The molecule has 1 fully saturated rings. The van der Waals surface area contributed by atoms with E-state index in [0.29, 0.717) is 24.8 Å². The molecule has 0 radical (unpaired) electrons. The van der Waals surface area contributed by atoms with Gasteiger partial charge in [0.1, 0.15) is 11.3 Å². The van der Waals surface area contributed by atoms with E-state index in [1.165, 1.54) is 24.9 Å². The normalized spacial score (nSPS) is 14.7. The van der Waals surface area contributed by atoms with E-state index in [1.54, 1.807) is 11.0 Å². The Morgan fingerprint density at radius 2 is 2.08 bits per heavy atom. The average molecular weight is 404 g/mol. The third kappa shape index (κ3) is 5.25. The minimum absolute atomic E-state index is 0. The van der Waals surface area contributed by atoms with Gasteiger partial charge in [-0.25, -0.2) is 0 Å². The Morgan fingerprint density at radius 1 is 1.42 bits per heavy atom. The summed E-state index contributed by atoms with van der Waals surface area (Å²) in [5.41, 5.74) is -0.0548. The molecule has 0 atom stereocenters. The average Bonchev–Trinajstić information content (AvgIpc) is 2.64. The second kappa shape index (κ2) is 10.6. The fraction of sp³-hybridized carbons (Fsp3) is 0.588. The standard InChI is InChI=1S/C17H25N3O4S.ClH/c1-18-7-4-12-5-8-19(9-6-12)17(21)13-10-16(25-3)15(24-2)11-14(13)20(22)23;/h10-12,18H,4-9H2,1-3H3;1H. The Morgan fingerprint density at radius 3 is 2.58 bits per heavy atom. The lowest BCUT2D eigenvalue weighted by molar-refractivity contribution is -0.385. The highest BCUT2D eigenvalue weighted by molar-refractivity contribution is 7.98. The Labute approximate surface area is 164 Å². The van der Waals surface area contributed by atoms with Crippen molar-refractivity contribution in [3.05, 3.63) is 27.8 Å². The van der Waals surface area contributed by atoms with Gasteiger partial charge in [-0.2, -0.15) is 0 Å². The van der Waals surface area contributed by atoms with Crippen LogP contribution in [0, 0.1) is 16.0 Å². The van der Waals surface area contributed by atoms with Gasteiger partial charge in [0.25, 0.3) is 11.6 Å². The van der Waals surface area contributed by atoms with Gasteiger partial charge in [0.2, 0.25) is 0 Å². The number of hydrogen-bond donors (Lipinski definition) is 1. The molecule has 0 aromatic heterocycles. The largest absolute Gasteiger partial charge is 0.495 e. The zero-order valence-electron chi connectivity index (χ0n) is 15.3. The molecule has 0 unspecified atom stereocenters. The van der Waals surface area contributed by atoms with E-state index in [4.69, 9.17) is 4.74 Å². The number of carbonyl (C=O) groups excluding carboxylic acids is 1. The van der Waals surface area contributed by atoms with E-state index < -0.39 is 4.92 Å². The molecule has 9 heteroatoms. The molecule has 1 aromatic carbocycles. The molecule has 1 amide bonds. The molecule has 1 saturated heterocycles. The molecule has 0 saturated carbocycles. The number of amides is 1. The van der Waals surface area contributed by atoms with Gasteiger partial charge in [0.15, 0.2) is 0 Å². The van der Waals surface area contributed by atoms with Gasteiger partial charge >= 0.3 is 0 Å². The molecule has 2 rings (SSSR count). The fourth-order valence-electron chi connectivity index (χ4n) is 3.13. The van der Waals surface area contributed by atoms with Crippen LogP contribution in [0.2, 0.25) is 0 Å². The first kappa shape index (κ1) is 22.5. The predicted molar refractivity (Wildman–Crippen MR) is 106 cm³/mol. The number of ether oxygens (including phenoxy) is 1. The van der Waals surface area contributed by atoms with E-state index in [1.807, 2.05) is 13.3 Å². The second-order valence-electron chi connectivity index (χ2n) is 6.11. The van der Waals surface area contributed by atoms with E-state index in [0.717, 1.165) is 30.7 Å². The third-order valence-electron chi connectivity index (χ3n) is 4.63. The molecule has 0 spiro atoms. The summed E-state index contributed by atoms with van der Waals surface area (Å²) in [6, 6.07) is 2.93. The fourth-order valence-corrected chi connectivity index (χ4v) is 3.71. The number of halogens is 1. The van der Waals surface area contributed by atoms with Crippen LogP contribution >= 0.6 is 24.2 Å². The number of methoxy groups -OCH3 is 1. The van der Waals surface area contributed by atoms with E-state index in [9.17, 15) is 14.9 Å². The lowest BCUT2D eigenvalue weighted by Gasteiger charge is -2.32. The maximum absolute atomic E-state index is 12.9. The van der Waals surface area contributed by atoms with Crippen molar-refractivity contribution >= 4 is 35.8 Å². The maximum Gasteiger partial charge on any atom is 0.285 e. The number of nitro benzene ring substituents is 1. The summed E-state index contributed by atoms with van der Waals surface area (Å²) < 4.78 is 5.20. The van der Waals surface area contributed by atoms with Crippen molar-refractivity contribution in [2.75, 3.05) is 40.0 Å². The topological polar surface area (TPSA) is 84.7 Å². The minimum atomic E-state index is -0.514. The van der Waals surface area contributed by atoms with Gasteiger partial charge in [-0.05, 0) is 51.1 Å². The van der Waals surface area contributed by atoms with Crippen molar-refractivity contribution in [2.45, 2.75) is 24.2 Å². The van der Waals surface area contributed by atoms with Crippen LogP contribution in [-0.4, -0.2) is 55.8 Å². The molecular weight excluding hydrogens is 378 g/mol. The van der Waals surface area contributed by atoms with Crippen molar-refractivity contribution in [1.82, 2.24) is 10.2 Å². The van der Waals surface area contributed by atoms with Gasteiger partial charge < -0.3 is 15.0 Å². The summed E-state index contributed by atoms with van der Waals surface area (Å²) >= 11 is 1.40. The van der Waals surface area contributed by atoms with Crippen molar-refractivity contribution < 1.29 is 14.5 Å². The molecule has 1 aliphatic heterocycles. The van der Waals surface area contributed by atoms with Gasteiger partial charge in [-0.15, -0.1) is 24.2 Å². The highest BCUT2D eigenvalue weighted by Gasteiger charge is 2.29. The van der Waals surface area contributed by atoms with Crippen molar-refractivity contribution in [3.8, 4) is 5.75 Å². The molecule has 0 aliphatic carbocycles. The van der Waals surface area contributed by atoms with Crippen LogP contribution in [0.1, 0.15) is 29.6 Å². The molecule has 1 aliphatic rings. The SMILES string of the molecule is CNCCC1CCN(C(=O)c2cc(SC)c(OC)cc2[N+](=O)[O-])CC1.Cl. The summed E-state index contributed by atoms with van der Waals surface area (Å²) in [4.78, 5) is 26.2. The van der Waals surface area contributed by atoms with Crippen LogP contribution < -0.4 is 10.1 Å². The van der Waals surface area contributed by atoms with Gasteiger partial charge in [0.05, 0.1) is 23.0 Å². The zero-order chi connectivity index (χ0) is 18.4. The van der Waals surface area contributed by atoms with E-state index >= 15 is 0 Å². The first-order valence-electron chi connectivity index (χ1n) is 8.36. The van der Waals surface area contributed by atoms with Crippen molar-refractivity contribution in [3.63, 3.8) is 0 Å². The van der Waals surface area contributed by atoms with Crippen molar-refractivity contribution in [1.29, 1.82) is 0 Å². The summed E-state index contributed by atoms with van der Waals surface area (Å²) in [6.45, 7) is 2.26. The van der Waals surface area contributed by atoms with Crippen molar-refractivity contribution in [2.24, 2.45) is 5.92 Å². The number of benzene rings is 1. The quantitative estimate of drug-likeness (QED) is 0.427. The highest BCUT2D eigenvalue weighted by Crippen LogP contribution is 2.35. The van der Waals surface area contributed by atoms with Gasteiger partial charge in [0, 0.05) is 13.1 Å². The summed E-state index contributed by atoms with van der Waals surface area (Å²) in [5, 5.41) is 14.6. The molecule has 1 heterocycles. The first-order chi connectivity index (χ1) is 12.0. The number of likely N-dealkylation sites (tertiary alicyclic amines) is 1. The number of thioether (sulfide) groups is 1. The number of rotatable bonds is 7. The summed E-state index contributed by atoms with van der Waals surface area (Å²) in [5.74, 6) is 0.752.